The van der Waals surface area contributed by atoms with Gasteiger partial charge < -0.3 is 4.84 Å². The van der Waals surface area contributed by atoms with E-state index >= 15 is 0 Å². The summed E-state index contributed by atoms with van der Waals surface area (Å²) >= 11 is 0. The molecule has 6 nitrogen and oxygen atoms in total. The molecule has 0 aliphatic heterocycles. The Balaban J connectivity index is 2.28. The Morgan fingerprint density at radius 1 is 1.24 bits per heavy atom. The van der Waals surface area contributed by atoms with Crippen LogP contribution in [0.25, 0.3) is 0 Å². The smallest absolute Gasteiger partial charge is 0.338 e. The maximum Gasteiger partial charge on any atom is 0.354 e. The molecule has 7 heteroatoms. The highest BCUT2D eigenvalue weighted by molar-refractivity contribution is 7.91. The largest absolute Gasteiger partial charge is 0.354 e. The standard InChI is InChI=1S/C14H20N2O4S/c1-13(2,3)16(11-7-5-4-6-8-11)20-12(17)14(9-10-14)21(15,18)19/h4-8H,9-10H2,1-3H3,(H2,15,18,19). The van der Waals surface area contributed by atoms with Crippen molar-refractivity contribution in [2.45, 2.75) is 43.9 Å². The van der Waals surface area contributed by atoms with E-state index in [2.05, 4.69) is 0 Å². The molecular formula is C14H20N2O4S. The predicted molar refractivity (Wildman–Crippen MR) is 79.8 cm³/mol. The van der Waals surface area contributed by atoms with Crippen LogP contribution in [0, 0.1) is 0 Å². The minimum atomic E-state index is -3.96. The van der Waals surface area contributed by atoms with Crippen molar-refractivity contribution >= 4 is 21.7 Å². The number of hydrogen-bond acceptors (Lipinski definition) is 5. The van der Waals surface area contributed by atoms with Crippen molar-refractivity contribution in [3.8, 4) is 0 Å². The van der Waals surface area contributed by atoms with Crippen molar-refractivity contribution in [2.24, 2.45) is 5.14 Å². The highest BCUT2D eigenvalue weighted by atomic mass is 32.2. The molecule has 0 bridgehead atoms. The Labute approximate surface area is 124 Å². The summed E-state index contributed by atoms with van der Waals surface area (Å²) in [6, 6.07) is 9.05. The van der Waals surface area contributed by atoms with Crippen LogP contribution < -0.4 is 10.2 Å². The van der Waals surface area contributed by atoms with Gasteiger partial charge in [0.25, 0.3) is 0 Å². The molecule has 1 aromatic carbocycles. The molecule has 0 amide bonds. The summed E-state index contributed by atoms with van der Waals surface area (Å²) < 4.78 is 21.6. The third-order valence-corrected chi connectivity index (χ3v) is 5.06. The summed E-state index contributed by atoms with van der Waals surface area (Å²) in [5.74, 6) is -0.816. The molecule has 0 radical (unpaired) electrons. The van der Waals surface area contributed by atoms with E-state index in [9.17, 15) is 13.2 Å². The lowest BCUT2D eigenvalue weighted by molar-refractivity contribution is -0.147. The van der Waals surface area contributed by atoms with E-state index in [-0.39, 0.29) is 12.8 Å². The fourth-order valence-corrected chi connectivity index (χ4v) is 2.97. The Morgan fingerprint density at radius 3 is 2.14 bits per heavy atom. The molecule has 0 atom stereocenters. The van der Waals surface area contributed by atoms with Crippen LogP contribution >= 0.6 is 0 Å². The quantitative estimate of drug-likeness (QED) is 0.852. The molecule has 0 saturated heterocycles. The van der Waals surface area contributed by atoms with Gasteiger partial charge in [-0.25, -0.2) is 23.4 Å². The number of anilines is 1. The lowest BCUT2D eigenvalue weighted by Crippen LogP contribution is -2.48. The van der Waals surface area contributed by atoms with Crippen LogP contribution in [0.2, 0.25) is 0 Å². The van der Waals surface area contributed by atoms with Crippen LogP contribution in [0.4, 0.5) is 5.69 Å². The minimum absolute atomic E-state index is 0.206. The molecular weight excluding hydrogens is 292 g/mol. The maximum atomic E-state index is 12.3. The van der Waals surface area contributed by atoms with Crippen LogP contribution in [0.15, 0.2) is 30.3 Å². The molecule has 0 spiro atoms. The van der Waals surface area contributed by atoms with Gasteiger partial charge >= 0.3 is 5.97 Å². The summed E-state index contributed by atoms with van der Waals surface area (Å²) in [6.07, 6.45) is 0.412. The molecule has 1 aliphatic rings. The van der Waals surface area contributed by atoms with Crippen molar-refractivity contribution in [3.63, 3.8) is 0 Å². The molecule has 1 fully saturated rings. The van der Waals surface area contributed by atoms with Crippen LogP contribution in [-0.4, -0.2) is 24.7 Å². The van der Waals surface area contributed by atoms with Crippen LogP contribution in [-0.2, 0) is 19.7 Å². The number of carbonyl (C=O) groups is 1. The van der Waals surface area contributed by atoms with Gasteiger partial charge in [-0.1, -0.05) is 18.2 Å². The first-order valence-electron chi connectivity index (χ1n) is 6.68. The maximum absolute atomic E-state index is 12.3. The van der Waals surface area contributed by atoms with Crippen LogP contribution in [0.1, 0.15) is 33.6 Å². The number of hydrogen-bond donors (Lipinski definition) is 1. The van der Waals surface area contributed by atoms with E-state index in [1.807, 2.05) is 39.0 Å². The second kappa shape index (κ2) is 4.99. The number of primary sulfonamides is 1. The van der Waals surface area contributed by atoms with Gasteiger partial charge in [-0.2, -0.15) is 0 Å². The SMILES string of the molecule is CC(C)(C)N(OC(=O)C1(S(N)(=O)=O)CC1)c1ccccc1. The molecule has 116 valence electrons. The number of hydroxylamine groups is 1. The second-order valence-electron chi connectivity index (χ2n) is 6.22. The number of rotatable bonds is 4. The minimum Gasteiger partial charge on any atom is -0.338 e. The van der Waals surface area contributed by atoms with Crippen molar-refractivity contribution in [3.05, 3.63) is 30.3 Å². The number of nitrogens with zero attached hydrogens (tertiary/aromatic N) is 1. The number of nitrogens with two attached hydrogens (primary N) is 1. The molecule has 0 aromatic heterocycles. The number of para-hydroxylation sites is 1. The third kappa shape index (κ3) is 3.03. The van der Waals surface area contributed by atoms with Gasteiger partial charge in [0.2, 0.25) is 10.0 Å². The van der Waals surface area contributed by atoms with Crippen LogP contribution in [0.3, 0.4) is 0 Å². The molecule has 0 heterocycles. The first-order valence-corrected chi connectivity index (χ1v) is 8.23. The first-order chi connectivity index (χ1) is 9.58. The summed E-state index contributed by atoms with van der Waals surface area (Å²) in [5, 5.41) is 6.57. The van der Waals surface area contributed by atoms with E-state index < -0.39 is 26.3 Å². The Bertz CT molecular complexity index is 631. The normalized spacial score (nSPS) is 17.1. The summed E-state index contributed by atoms with van der Waals surface area (Å²) in [5.41, 5.74) is 0.148. The molecule has 1 aromatic rings. The monoisotopic (exact) mass is 312 g/mol. The first kappa shape index (κ1) is 15.8. The van der Waals surface area contributed by atoms with Gasteiger partial charge in [0.05, 0.1) is 11.2 Å². The number of carbonyl (C=O) groups excluding carboxylic acids is 1. The van der Waals surface area contributed by atoms with E-state index in [1.54, 1.807) is 12.1 Å². The Hall–Kier alpha value is -1.60. The van der Waals surface area contributed by atoms with Crippen molar-refractivity contribution < 1.29 is 18.0 Å². The molecule has 1 saturated carbocycles. The fourth-order valence-electron chi connectivity index (χ4n) is 2.02. The van der Waals surface area contributed by atoms with E-state index in [0.29, 0.717) is 5.69 Å². The van der Waals surface area contributed by atoms with Crippen molar-refractivity contribution in [1.82, 2.24) is 0 Å². The van der Waals surface area contributed by atoms with E-state index in [1.165, 1.54) is 5.06 Å². The predicted octanol–water partition coefficient (Wildman–Crippen LogP) is 1.57. The average Bonchev–Trinajstić information content (AvgIpc) is 3.16. The third-order valence-electron chi connectivity index (χ3n) is 3.39. The van der Waals surface area contributed by atoms with E-state index in [4.69, 9.17) is 9.98 Å². The van der Waals surface area contributed by atoms with Crippen molar-refractivity contribution in [1.29, 1.82) is 0 Å². The molecule has 1 aliphatic carbocycles. The topological polar surface area (TPSA) is 89.7 Å². The highest BCUT2D eigenvalue weighted by Gasteiger charge is 2.62. The molecule has 2 N–H and O–H groups in total. The van der Waals surface area contributed by atoms with Gasteiger partial charge in [0.1, 0.15) is 0 Å². The fraction of sp³-hybridized carbons (Fsp3) is 0.500. The molecule has 21 heavy (non-hydrogen) atoms. The van der Waals surface area contributed by atoms with E-state index in [0.717, 1.165) is 0 Å². The van der Waals surface area contributed by atoms with Gasteiger partial charge in [0, 0.05) is 0 Å². The number of sulfonamides is 1. The average molecular weight is 312 g/mol. The zero-order valence-electron chi connectivity index (χ0n) is 12.4. The summed E-state index contributed by atoms with van der Waals surface area (Å²) in [7, 11) is -3.96. The van der Waals surface area contributed by atoms with Gasteiger partial charge in [-0.3, -0.25) is 0 Å². The molecule has 2 rings (SSSR count). The van der Waals surface area contributed by atoms with Gasteiger partial charge in [0.15, 0.2) is 4.75 Å². The van der Waals surface area contributed by atoms with Crippen molar-refractivity contribution in [2.75, 3.05) is 5.06 Å². The highest BCUT2D eigenvalue weighted by Crippen LogP contribution is 2.44. The second-order valence-corrected chi connectivity index (χ2v) is 8.09. The lowest BCUT2D eigenvalue weighted by Gasteiger charge is -2.35. The molecule has 0 unspecified atom stereocenters. The summed E-state index contributed by atoms with van der Waals surface area (Å²) in [4.78, 5) is 17.7. The Kier molecular flexibility index (Phi) is 3.75. The zero-order valence-corrected chi connectivity index (χ0v) is 13.2. The summed E-state index contributed by atoms with van der Waals surface area (Å²) in [6.45, 7) is 5.59. The van der Waals surface area contributed by atoms with Crippen LogP contribution in [0.5, 0.6) is 0 Å². The lowest BCUT2D eigenvalue weighted by atomic mass is 10.1. The van der Waals surface area contributed by atoms with Gasteiger partial charge in [-0.15, -0.1) is 0 Å². The van der Waals surface area contributed by atoms with Gasteiger partial charge in [-0.05, 0) is 45.7 Å². The number of benzene rings is 1. The Morgan fingerprint density at radius 2 is 1.76 bits per heavy atom. The zero-order chi connectivity index (χ0) is 15.9.